The first-order chi connectivity index (χ1) is 5.57. The summed E-state index contributed by atoms with van der Waals surface area (Å²) in [6, 6.07) is 0. The van der Waals surface area contributed by atoms with Gasteiger partial charge in [0, 0.05) is 12.1 Å². The van der Waals surface area contributed by atoms with Crippen LogP contribution in [0.15, 0.2) is 11.6 Å². The molecule has 0 aliphatic heterocycles. The highest BCUT2D eigenvalue weighted by Gasteiger charge is 2.00. The van der Waals surface area contributed by atoms with E-state index in [1.165, 1.54) is 7.11 Å². The molecular weight excluding hydrogens is 190 g/mol. The fourth-order valence-electron chi connectivity index (χ4n) is 0.784. The molecule has 4 heteroatoms. The second-order valence-electron chi connectivity index (χ2n) is 2.97. The van der Waals surface area contributed by atoms with E-state index in [-0.39, 0.29) is 18.4 Å². The van der Waals surface area contributed by atoms with Gasteiger partial charge in [-0.3, -0.25) is 0 Å². The summed E-state index contributed by atoms with van der Waals surface area (Å²) in [5.41, 5.74) is 0.680. The lowest BCUT2D eigenvalue weighted by atomic mass is 10.2. The topological polar surface area (TPSA) is 29.5 Å². The van der Waals surface area contributed by atoms with Gasteiger partial charge < -0.3 is 9.64 Å². The molecule has 0 saturated heterocycles. The van der Waals surface area contributed by atoms with Gasteiger partial charge in [-0.25, -0.2) is 4.79 Å². The van der Waals surface area contributed by atoms with Crippen LogP contribution in [0, 0.1) is 0 Å². The van der Waals surface area contributed by atoms with Crippen molar-refractivity contribution in [3.05, 3.63) is 11.6 Å². The smallest absolute Gasteiger partial charge is 0.333 e. The summed E-state index contributed by atoms with van der Waals surface area (Å²) in [5, 5.41) is 0. The Hall–Kier alpha value is -0.540. The Balaban J connectivity index is 0. The zero-order chi connectivity index (χ0) is 9.56. The van der Waals surface area contributed by atoms with Crippen molar-refractivity contribution in [1.82, 2.24) is 4.90 Å². The van der Waals surface area contributed by atoms with Crippen molar-refractivity contribution < 1.29 is 9.53 Å². The molecular formula is C9H18ClNO2. The standard InChI is InChI=1S/C9H17NO2.ClH/c1-8(9(11)12-4)6-5-7-10(2)3;/h6H,5,7H2,1-4H3;1H. The maximum absolute atomic E-state index is 10.9. The molecule has 0 spiro atoms. The molecule has 0 saturated carbocycles. The maximum atomic E-state index is 10.9. The molecule has 0 atom stereocenters. The van der Waals surface area contributed by atoms with Crippen LogP contribution in [-0.2, 0) is 9.53 Å². The van der Waals surface area contributed by atoms with E-state index in [0.717, 1.165) is 13.0 Å². The third kappa shape index (κ3) is 7.81. The molecule has 78 valence electrons. The highest BCUT2D eigenvalue weighted by molar-refractivity contribution is 5.87. The Kier molecular flexibility index (Phi) is 9.29. The van der Waals surface area contributed by atoms with Gasteiger partial charge in [0.05, 0.1) is 7.11 Å². The van der Waals surface area contributed by atoms with Gasteiger partial charge in [-0.15, -0.1) is 12.4 Å². The summed E-state index contributed by atoms with van der Waals surface area (Å²) in [7, 11) is 5.40. The molecule has 0 unspecified atom stereocenters. The number of methoxy groups -OCH3 is 1. The van der Waals surface area contributed by atoms with Crippen LogP contribution in [-0.4, -0.2) is 38.6 Å². The molecule has 0 fully saturated rings. The van der Waals surface area contributed by atoms with Crippen molar-refractivity contribution in [1.29, 1.82) is 0 Å². The highest BCUT2D eigenvalue weighted by atomic mass is 35.5. The zero-order valence-corrected chi connectivity index (χ0v) is 9.48. The number of nitrogens with zero attached hydrogens (tertiary/aromatic N) is 1. The molecule has 0 aromatic rings. The molecule has 0 bridgehead atoms. The molecule has 0 aliphatic carbocycles. The number of halogens is 1. The normalized spacial score (nSPS) is 11.0. The molecule has 0 heterocycles. The van der Waals surface area contributed by atoms with E-state index in [4.69, 9.17) is 0 Å². The molecule has 0 aliphatic rings. The molecule has 3 nitrogen and oxygen atoms in total. The van der Waals surface area contributed by atoms with Gasteiger partial charge in [0.1, 0.15) is 0 Å². The number of carbonyl (C=O) groups excluding carboxylic acids is 1. The van der Waals surface area contributed by atoms with Gasteiger partial charge in [-0.05, 0) is 27.4 Å². The number of hydrogen-bond donors (Lipinski definition) is 0. The predicted octanol–water partition coefficient (Wildman–Crippen LogP) is 1.48. The van der Waals surface area contributed by atoms with E-state index < -0.39 is 0 Å². The minimum atomic E-state index is -0.242. The van der Waals surface area contributed by atoms with E-state index in [2.05, 4.69) is 9.64 Å². The summed E-state index contributed by atoms with van der Waals surface area (Å²) in [6.45, 7) is 2.72. The Bertz CT molecular complexity index is 178. The molecule has 0 rings (SSSR count). The van der Waals surface area contributed by atoms with E-state index >= 15 is 0 Å². The number of rotatable bonds is 4. The van der Waals surface area contributed by atoms with Crippen molar-refractivity contribution in [2.75, 3.05) is 27.7 Å². The molecule has 0 aromatic heterocycles. The molecule has 13 heavy (non-hydrogen) atoms. The second kappa shape index (κ2) is 8.08. The zero-order valence-electron chi connectivity index (χ0n) is 8.66. The van der Waals surface area contributed by atoms with Crippen molar-refractivity contribution in [3.63, 3.8) is 0 Å². The van der Waals surface area contributed by atoms with Crippen LogP contribution in [0.2, 0.25) is 0 Å². The fourth-order valence-corrected chi connectivity index (χ4v) is 0.784. The minimum absolute atomic E-state index is 0. The lowest BCUT2D eigenvalue weighted by Gasteiger charge is -2.06. The fraction of sp³-hybridized carbons (Fsp3) is 0.667. The van der Waals surface area contributed by atoms with Crippen LogP contribution in [0.4, 0.5) is 0 Å². The first kappa shape index (κ1) is 15.0. The lowest BCUT2D eigenvalue weighted by Crippen LogP contribution is -2.12. The average molecular weight is 208 g/mol. The van der Waals surface area contributed by atoms with Gasteiger partial charge in [0.15, 0.2) is 0 Å². The Morgan fingerprint density at radius 1 is 1.46 bits per heavy atom. The van der Waals surface area contributed by atoms with Crippen molar-refractivity contribution in [2.24, 2.45) is 0 Å². The summed E-state index contributed by atoms with van der Waals surface area (Å²) in [5.74, 6) is -0.242. The van der Waals surface area contributed by atoms with Crippen LogP contribution >= 0.6 is 12.4 Å². The average Bonchev–Trinajstić information content (AvgIpc) is 2.02. The van der Waals surface area contributed by atoms with Crippen LogP contribution in [0.5, 0.6) is 0 Å². The first-order valence-electron chi connectivity index (χ1n) is 3.97. The van der Waals surface area contributed by atoms with Crippen LogP contribution < -0.4 is 0 Å². The summed E-state index contributed by atoms with van der Waals surface area (Å²) in [4.78, 5) is 13.0. The van der Waals surface area contributed by atoms with Gasteiger partial charge in [-0.2, -0.15) is 0 Å². The van der Waals surface area contributed by atoms with Gasteiger partial charge in [-0.1, -0.05) is 6.08 Å². The Morgan fingerprint density at radius 3 is 2.38 bits per heavy atom. The molecule has 0 radical (unpaired) electrons. The third-order valence-corrected chi connectivity index (χ3v) is 1.53. The summed E-state index contributed by atoms with van der Waals surface area (Å²) >= 11 is 0. The second-order valence-corrected chi connectivity index (χ2v) is 2.97. The van der Waals surface area contributed by atoms with Gasteiger partial charge >= 0.3 is 5.97 Å². The van der Waals surface area contributed by atoms with Crippen LogP contribution in [0.25, 0.3) is 0 Å². The summed E-state index contributed by atoms with van der Waals surface area (Å²) in [6.07, 6.45) is 2.78. The minimum Gasteiger partial charge on any atom is -0.466 e. The van der Waals surface area contributed by atoms with Crippen molar-refractivity contribution in [3.8, 4) is 0 Å². The lowest BCUT2D eigenvalue weighted by molar-refractivity contribution is -0.136. The van der Waals surface area contributed by atoms with E-state index in [1.807, 2.05) is 20.2 Å². The number of ether oxygens (including phenoxy) is 1. The van der Waals surface area contributed by atoms with Gasteiger partial charge in [0.2, 0.25) is 0 Å². The predicted molar refractivity (Wildman–Crippen MR) is 56.2 cm³/mol. The molecule has 0 amide bonds. The van der Waals surface area contributed by atoms with Crippen molar-refractivity contribution >= 4 is 18.4 Å². The Labute approximate surface area is 86.2 Å². The molecule has 0 aromatic carbocycles. The maximum Gasteiger partial charge on any atom is 0.333 e. The number of esters is 1. The monoisotopic (exact) mass is 207 g/mol. The van der Waals surface area contributed by atoms with Crippen LogP contribution in [0.1, 0.15) is 13.3 Å². The summed E-state index contributed by atoms with van der Waals surface area (Å²) < 4.78 is 4.55. The third-order valence-electron chi connectivity index (χ3n) is 1.53. The highest BCUT2D eigenvalue weighted by Crippen LogP contribution is 1.97. The largest absolute Gasteiger partial charge is 0.466 e. The van der Waals surface area contributed by atoms with E-state index in [9.17, 15) is 4.79 Å². The van der Waals surface area contributed by atoms with E-state index in [1.54, 1.807) is 6.92 Å². The Morgan fingerprint density at radius 2 is 2.00 bits per heavy atom. The number of hydrogen-bond acceptors (Lipinski definition) is 3. The van der Waals surface area contributed by atoms with Gasteiger partial charge in [0.25, 0.3) is 0 Å². The first-order valence-corrected chi connectivity index (χ1v) is 3.97. The van der Waals surface area contributed by atoms with Crippen LogP contribution in [0.3, 0.4) is 0 Å². The molecule has 0 N–H and O–H groups in total. The number of carbonyl (C=O) groups is 1. The van der Waals surface area contributed by atoms with E-state index in [0.29, 0.717) is 5.57 Å². The van der Waals surface area contributed by atoms with Crippen molar-refractivity contribution in [2.45, 2.75) is 13.3 Å². The SMILES string of the molecule is COC(=O)C(C)=CCCN(C)C.Cl. The quantitative estimate of drug-likeness (QED) is 0.517.